The van der Waals surface area contributed by atoms with E-state index in [-0.39, 0.29) is 30.0 Å². The zero-order chi connectivity index (χ0) is 21.8. The number of anilines is 1. The first-order chi connectivity index (χ1) is 14.3. The van der Waals surface area contributed by atoms with Gasteiger partial charge in [-0.2, -0.15) is 0 Å². The van der Waals surface area contributed by atoms with Gasteiger partial charge in [-0.05, 0) is 50.1 Å². The van der Waals surface area contributed by atoms with Crippen molar-refractivity contribution < 1.29 is 18.8 Å². The number of amides is 2. The lowest BCUT2D eigenvalue weighted by Crippen LogP contribution is -2.50. The zero-order valence-electron chi connectivity index (χ0n) is 17.5. The maximum Gasteiger partial charge on any atom is 0.270 e. The highest BCUT2D eigenvalue weighted by Gasteiger charge is 2.28. The number of rotatable bonds is 6. The lowest BCUT2D eigenvalue weighted by Gasteiger charge is -2.34. The van der Waals surface area contributed by atoms with Gasteiger partial charge in [0.15, 0.2) is 5.78 Å². The average Bonchev–Trinajstić information content (AvgIpc) is 3.06. The fraction of sp³-hybridized carbons (Fsp3) is 0.409. The van der Waals surface area contributed by atoms with E-state index in [0.717, 1.165) is 11.3 Å². The molecule has 3 rings (SSSR count). The van der Waals surface area contributed by atoms with E-state index in [2.05, 4.69) is 10.3 Å². The van der Waals surface area contributed by atoms with Gasteiger partial charge >= 0.3 is 0 Å². The Kier molecular flexibility index (Phi) is 6.66. The van der Waals surface area contributed by atoms with Crippen LogP contribution in [0.4, 0.5) is 10.1 Å². The predicted molar refractivity (Wildman–Crippen MR) is 112 cm³/mol. The topological polar surface area (TPSA) is 85.5 Å². The Morgan fingerprint density at radius 3 is 2.30 bits per heavy atom. The Morgan fingerprint density at radius 1 is 1.10 bits per heavy atom. The number of carbonyl (C=O) groups is 3. The minimum atomic E-state index is -0.354. The number of piperazine rings is 1. The molecule has 0 aliphatic carbocycles. The van der Waals surface area contributed by atoms with Crippen LogP contribution in [0.25, 0.3) is 0 Å². The monoisotopic (exact) mass is 414 g/mol. The number of nitrogens with one attached hydrogen (secondary N) is 2. The minimum Gasteiger partial charge on any atom is -0.354 e. The Bertz CT molecular complexity index is 944. The first-order valence-corrected chi connectivity index (χ1v) is 10.1. The van der Waals surface area contributed by atoms with Gasteiger partial charge in [0.25, 0.3) is 5.91 Å². The minimum absolute atomic E-state index is 0.0448. The van der Waals surface area contributed by atoms with E-state index in [1.807, 2.05) is 18.7 Å². The number of H-pyrrole nitrogens is 1. The van der Waals surface area contributed by atoms with E-state index in [0.29, 0.717) is 49.5 Å². The van der Waals surface area contributed by atoms with Crippen molar-refractivity contribution in [1.82, 2.24) is 14.8 Å². The number of ketones is 1. The van der Waals surface area contributed by atoms with E-state index in [4.69, 9.17) is 0 Å². The maximum atomic E-state index is 13.0. The van der Waals surface area contributed by atoms with Crippen molar-refractivity contribution in [2.75, 3.05) is 38.0 Å². The summed E-state index contributed by atoms with van der Waals surface area (Å²) in [4.78, 5) is 44.0. The number of benzene rings is 1. The normalized spacial score (nSPS) is 14.6. The third kappa shape index (κ3) is 4.76. The third-order valence-corrected chi connectivity index (χ3v) is 5.37. The Labute approximate surface area is 175 Å². The van der Waals surface area contributed by atoms with E-state index in [1.165, 1.54) is 31.2 Å². The molecule has 0 saturated carbocycles. The first kappa shape index (κ1) is 21.7. The largest absolute Gasteiger partial charge is 0.354 e. The van der Waals surface area contributed by atoms with Crippen LogP contribution in [0.3, 0.4) is 0 Å². The smallest absolute Gasteiger partial charge is 0.270 e. The van der Waals surface area contributed by atoms with E-state index in [9.17, 15) is 18.8 Å². The molecule has 7 nitrogen and oxygen atoms in total. The lowest BCUT2D eigenvalue weighted by molar-refractivity contribution is -0.117. The van der Waals surface area contributed by atoms with Gasteiger partial charge in [-0.1, -0.05) is 6.92 Å². The summed E-state index contributed by atoms with van der Waals surface area (Å²) in [6.45, 7) is 7.61. The lowest BCUT2D eigenvalue weighted by atomic mass is 10.0. The quantitative estimate of drug-likeness (QED) is 0.712. The Hall–Kier alpha value is -3.00. The maximum absolute atomic E-state index is 13.0. The summed E-state index contributed by atoms with van der Waals surface area (Å²) in [6.07, 6.45) is 0.601. The molecule has 1 aromatic carbocycles. The number of hydrogen-bond acceptors (Lipinski definition) is 4. The number of aromatic amines is 1. The van der Waals surface area contributed by atoms with Crippen LogP contribution in [-0.4, -0.2) is 65.1 Å². The summed E-state index contributed by atoms with van der Waals surface area (Å²) in [5.74, 6) is -0.692. The van der Waals surface area contributed by atoms with Gasteiger partial charge < -0.3 is 15.2 Å². The van der Waals surface area contributed by atoms with Crippen molar-refractivity contribution in [3.8, 4) is 0 Å². The fourth-order valence-corrected chi connectivity index (χ4v) is 3.89. The van der Waals surface area contributed by atoms with Crippen LogP contribution >= 0.6 is 0 Å². The first-order valence-electron chi connectivity index (χ1n) is 10.1. The third-order valence-electron chi connectivity index (χ3n) is 5.37. The molecule has 0 atom stereocenters. The number of nitrogens with zero attached hydrogens (tertiary/aromatic N) is 2. The average molecular weight is 414 g/mol. The molecule has 2 N–H and O–H groups in total. The predicted octanol–water partition coefficient (Wildman–Crippen LogP) is 2.62. The van der Waals surface area contributed by atoms with Crippen molar-refractivity contribution in [3.05, 3.63) is 52.6 Å². The highest BCUT2D eigenvalue weighted by atomic mass is 19.1. The van der Waals surface area contributed by atoms with Gasteiger partial charge in [-0.3, -0.25) is 19.3 Å². The number of Topliss-reactive ketones (excluding diaryl/α,β-unsaturated/α-hetero) is 1. The summed E-state index contributed by atoms with van der Waals surface area (Å²) in [6, 6.07) is 5.63. The molecule has 0 bridgehead atoms. The molecule has 2 aromatic rings. The molecule has 160 valence electrons. The molecule has 0 unspecified atom stereocenters. The van der Waals surface area contributed by atoms with E-state index in [1.54, 1.807) is 4.90 Å². The Balaban J connectivity index is 1.57. The molecule has 2 heterocycles. The molecule has 8 heteroatoms. The number of aryl methyl sites for hydroxylation is 1. The van der Waals surface area contributed by atoms with E-state index >= 15 is 0 Å². The van der Waals surface area contributed by atoms with Crippen molar-refractivity contribution in [1.29, 1.82) is 0 Å². The fourth-order valence-electron chi connectivity index (χ4n) is 3.89. The zero-order valence-corrected chi connectivity index (χ0v) is 17.5. The van der Waals surface area contributed by atoms with E-state index < -0.39 is 0 Å². The SMILES string of the molecule is CCc1c(C(=O)N2CCN(CC(=O)Nc3ccc(F)cc3)CC2)[nH]c(C)c1C(C)=O. The van der Waals surface area contributed by atoms with Gasteiger partial charge in [0, 0.05) is 43.1 Å². The van der Waals surface area contributed by atoms with Crippen molar-refractivity contribution in [2.24, 2.45) is 0 Å². The van der Waals surface area contributed by atoms with Crippen LogP contribution in [0.1, 0.15) is 46.0 Å². The van der Waals surface area contributed by atoms with Crippen LogP contribution in [0.5, 0.6) is 0 Å². The summed E-state index contributed by atoms with van der Waals surface area (Å²) < 4.78 is 13.0. The number of carbonyl (C=O) groups excluding carboxylic acids is 3. The molecule has 1 aliphatic rings. The van der Waals surface area contributed by atoms with Gasteiger partial charge in [0.1, 0.15) is 11.5 Å². The summed E-state index contributed by atoms with van der Waals surface area (Å²) in [5.41, 5.74) is 3.13. The summed E-state index contributed by atoms with van der Waals surface area (Å²) >= 11 is 0. The van der Waals surface area contributed by atoms with Crippen LogP contribution in [0, 0.1) is 12.7 Å². The van der Waals surface area contributed by atoms with Gasteiger partial charge in [-0.25, -0.2) is 4.39 Å². The molecule has 0 radical (unpaired) electrons. The van der Waals surface area contributed by atoms with Gasteiger partial charge in [0.2, 0.25) is 5.91 Å². The number of halogens is 1. The van der Waals surface area contributed by atoms with Gasteiger partial charge in [0.05, 0.1) is 6.54 Å². The molecule has 1 saturated heterocycles. The molecule has 1 fully saturated rings. The van der Waals surface area contributed by atoms with Crippen LogP contribution < -0.4 is 5.32 Å². The summed E-state index contributed by atoms with van der Waals surface area (Å²) in [7, 11) is 0. The second-order valence-corrected chi connectivity index (χ2v) is 7.51. The van der Waals surface area contributed by atoms with Crippen molar-refractivity contribution in [2.45, 2.75) is 27.2 Å². The molecule has 1 aliphatic heterocycles. The van der Waals surface area contributed by atoms with Crippen LogP contribution in [0.15, 0.2) is 24.3 Å². The van der Waals surface area contributed by atoms with Gasteiger partial charge in [-0.15, -0.1) is 0 Å². The molecular weight excluding hydrogens is 387 g/mol. The molecule has 30 heavy (non-hydrogen) atoms. The van der Waals surface area contributed by atoms with Crippen LogP contribution in [0.2, 0.25) is 0 Å². The standard InChI is InChI=1S/C22H27FN4O3/c1-4-18-20(15(3)28)14(2)24-21(18)22(30)27-11-9-26(10-12-27)13-19(29)25-17-7-5-16(23)6-8-17/h5-8,24H,4,9-13H2,1-3H3,(H,25,29). The second-order valence-electron chi connectivity index (χ2n) is 7.51. The molecule has 1 aromatic heterocycles. The second kappa shape index (κ2) is 9.21. The molecule has 2 amide bonds. The summed E-state index contributed by atoms with van der Waals surface area (Å²) in [5, 5.41) is 2.75. The van der Waals surface area contributed by atoms with Crippen molar-refractivity contribution >= 4 is 23.3 Å². The van der Waals surface area contributed by atoms with Crippen LogP contribution in [-0.2, 0) is 11.2 Å². The Morgan fingerprint density at radius 2 is 1.73 bits per heavy atom. The van der Waals surface area contributed by atoms with Crippen molar-refractivity contribution in [3.63, 3.8) is 0 Å². The highest BCUT2D eigenvalue weighted by Crippen LogP contribution is 2.22. The molecule has 0 spiro atoms. The number of hydrogen-bond donors (Lipinski definition) is 2. The highest BCUT2D eigenvalue weighted by molar-refractivity contribution is 6.02. The molecular formula is C22H27FN4O3. The number of aromatic nitrogens is 1.